The average molecular weight is 282 g/mol. The number of hydrogen-bond acceptors (Lipinski definition) is 3. The van der Waals surface area contributed by atoms with Crippen LogP contribution in [0.2, 0.25) is 10.2 Å². The molecule has 0 amide bonds. The molecule has 0 saturated heterocycles. The van der Waals surface area contributed by atoms with Crippen molar-refractivity contribution in [2.24, 2.45) is 0 Å². The van der Waals surface area contributed by atoms with E-state index in [4.69, 9.17) is 28.5 Å². The van der Waals surface area contributed by atoms with E-state index in [2.05, 4.69) is 10.3 Å². The number of benzene rings is 1. The molecule has 0 aliphatic heterocycles. The van der Waals surface area contributed by atoms with Gasteiger partial charge in [0.05, 0.1) is 16.7 Å². The monoisotopic (exact) mass is 281 g/mol. The van der Waals surface area contributed by atoms with Crippen molar-refractivity contribution in [1.82, 2.24) is 4.98 Å². The van der Waals surface area contributed by atoms with E-state index in [0.29, 0.717) is 17.1 Å². The first-order valence-corrected chi connectivity index (χ1v) is 5.64. The van der Waals surface area contributed by atoms with Gasteiger partial charge in [-0.2, -0.15) is 5.26 Å². The van der Waals surface area contributed by atoms with Crippen molar-refractivity contribution in [3.8, 4) is 6.07 Å². The van der Waals surface area contributed by atoms with Gasteiger partial charge in [-0.1, -0.05) is 23.2 Å². The Kier molecular flexibility index (Phi) is 3.66. The third-order valence-corrected chi connectivity index (χ3v) is 2.62. The van der Waals surface area contributed by atoms with Gasteiger partial charge in [-0.15, -0.1) is 0 Å². The average Bonchev–Trinajstić information content (AvgIpc) is 2.33. The molecule has 0 unspecified atom stereocenters. The highest BCUT2D eigenvalue weighted by Crippen LogP contribution is 2.22. The second-order valence-electron chi connectivity index (χ2n) is 3.43. The topological polar surface area (TPSA) is 48.7 Å². The van der Waals surface area contributed by atoms with Crippen LogP contribution in [0.5, 0.6) is 0 Å². The molecule has 90 valence electrons. The van der Waals surface area contributed by atoms with E-state index in [1.54, 1.807) is 6.07 Å². The summed E-state index contributed by atoms with van der Waals surface area (Å²) in [5, 5.41) is 11.9. The summed E-state index contributed by atoms with van der Waals surface area (Å²) in [6.07, 6.45) is 0. The van der Waals surface area contributed by atoms with E-state index in [1.807, 2.05) is 6.07 Å². The van der Waals surface area contributed by atoms with Gasteiger partial charge in [0, 0.05) is 5.69 Å². The fourth-order valence-electron chi connectivity index (χ4n) is 1.35. The molecule has 2 rings (SSSR count). The predicted molar refractivity (Wildman–Crippen MR) is 68.7 cm³/mol. The van der Waals surface area contributed by atoms with Crippen molar-refractivity contribution in [3.05, 3.63) is 51.9 Å². The molecule has 0 spiro atoms. The van der Waals surface area contributed by atoms with Gasteiger partial charge in [0.25, 0.3) is 0 Å². The quantitative estimate of drug-likeness (QED) is 0.842. The molecule has 1 aromatic heterocycles. The summed E-state index contributed by atoms with van der Waals surface area (Å²) in [6.45, 7) is 0. The number of hydrogen-bond donors (Lipinski definition) is 1. The summed E-state index contributed by atoms with van der Waals surface area (Å²) in [4.78, 5) is 3.98. The number of nitriles is 1. The van der Waals surface area contributed by atoms with Gasteiger partial charge in [-0.3, -0.25) is 0 Å². The molecule has 0 bridgehead atoms. The number of rotatable bonds is 2. The summed E-state index contributed by atoms with van der Waals surface area (Å²) >= 11 is 11.3. The van der Waals surface area contributed by atoms with E-state index in [1.165, 1.54) is 24.3 Å². The van der Waals surface area contributed by atoms with Gasteiger partial charge in [-0.25, -0.2) is 9.37 Å². The minimum atomic E-state index is -0.538. The molecule has 0 aliphatic carbocycles. The SMILES string of the molecule is N#Cc1cc(Cl)nc(Nc2ccc(Cl)c(F)c2)c1. The van der Waals surface area contributed by atoms with Crippen LogP contribution in [0.15, 0.2) is 30.3 Å². The highest BCUT2D eigenvalue weighted by Gasteiger charge is 2.04. The molecule has 1 N–H and O–H groups in total. The molecule has 0 saturated carbocycles. The lowest BCUT2D eigenvalue weighted by Crippen LogP contribution is -1.95. The molecule has 0 radical (unpaired) electrons. The third kappa shape index (κ3) is 2.89. The fourth-order valence-corrected chi connectivity index (χ4v) is 1.67. The Bertz CT molecular complexity index is 638. The lowest BCUT2D eigenvalue weighted by atomic mass is 10.2. The first kappa shape index (κ1) is 12.6. The van der Waals surface area contributed by atoms with Gasteiger partial charge in [0.2, 0.25) is 0 Å². The number of nitrogens with zero attached hydrogens (tertiary/aromatic N) is 2. The maximum Gasteiger partial charge on any atom is 0.143 e. The fraction of sp³-hybridized carbons (Fsp3) is 0. The lowest BCUT2D eigenvalue weighted by Gasteiger charge is -2.06. The van der Waals surface area contributed by atoms with E-state index >= 15 is 0 Å². The second-order valence-corrected chi connectivity index (χ2v) is 4.22. The molecule has 0 aliphatic rings. The Morgan fingerprint density at radius 3 is 2.67 bits per heavy atom. The van der Waals surface area contributed by atoms with E-state index < -0.39 is 5.82 Å². The smallest absolute Gasteiger partial charge is 0.143 e. The van der Waals surface area contributed by atoms with Crippen molar-refractivity contribution in [2.75, 3.05) is 5.32 Å². The summed E-state index contributed by atoms with van der Waals surface area (Å²) in [7, 11) is 0. The highest BCUT2D eigenvalue weighted by atomic mass is 35.5. The van der Waals surface area contributed by atoms with Crippen molar-refractivity contribution in [1.29, 1.82) is 5.26 Å². The van der Waals surface area contributed by atoms with Crippen LogP contribution in [0.1, 0.15) is 5.56 Å². The number of halogens is 3. The summed E-state index contributed by atoms with van der Waals surface area (Å²) in [5.41, 5.74) is 0.836. The maximum absolute atomic E-state index is 13.2. The summed E-state index contributed by atoms with van der Waals surface area (Å²) < 4.78 is 13.2. The van der Waals surface area contributed by atoms with Crippen molar-refractivity contribution >= 4 is 34.7 Å². The zero-order chi connectivity index (χ0) is 13.1. The second kappa shape index (κ2) is 5.21. The van der Waals surface area contributed by atoms with Gasteiger partial charge in [-0.05, 0) is 30.3 Å². The Hall–Kier alpha value is -1.83. The Balaban J connectivity index is 2.31. The standard InChI is InChI=1S/C12H6Cl2FN3/c13-9-2-1-8(5-10(9)15)17-12-4-7(6-16)3-11(14)18-12/h1-5H,(H,17,18). The normalized spacial score (nSPS) is 9.89. The molecule has 3 nitrogen and oxygen atoms in total. The minimum absolute atomic E-state index is 0.0392. The number of pyridine rings is 1. The lowest BCUT2D eigenvalue weighted by molar-refractivity contribution is 0.629. The Labute approximate surface area is 113 Å². The van der Waals surface area contributed by atoms with Crippen LogP contribution < -0.4 is 5.32 Å². The van der Waals surface area contributed by atoms with E-state index in [9.17, 15) is 4.39 Å². The molecular weight excluding hydrogens is 276 g/mol. The van der Waals surface area contributed by atoms with Gasteiger partial charge in [0.1, 0.15) is 16.8 Å². The van der Waals surface area contributed by atoms with Crippen molar-refractivity contribution in [3.63, 3.8) is 0 Å². The molecule has 0 atom stereocenters. The molecule has 1 heterocycles. The highest BCUT2D eigenvalue weighted by molar-refractivity contribution is 6.30. The van der Waals surface area contributed by atoms with Crippen LogP contribution in [0.3, 0.4) is 0 Å². The largest absolute Gasteiger partial charge is 0.340 e. The van der Waals surface area contributed by atoms with E-state index in [-0.39, 0.29) is 10.2 Å². The summed E-state index contributed by atoms with van der Waals surface area (Å²) in [5.74, 6) is -0.176. The van der Waals surface area contributed by atoms with Gasteiger partial charge >= 0.3 is 0 Å². The van der Waals surface area contributed by atoms with Gasteiger partial charge < -0.3 is 5.32 Å². The summed E-state index contributed by atoms with van der Waals surface area (Å²) in [6, 6.07) is 9.16. The van der Waals surface area contributed by atoms with Crippen molar-refractivity contribution in [2.45, 2.75) is 0 Å². The molecule has 1 aromatic carbocycles. The Morgan fingerprint density at radius 1 is 1.22 bits per heavy atom. The van der Waals surface area contributed by atoms with Crippen LogP contribution in [0.4, 0.5) is 15.9 Å². The zero-order valence-electron chi connectivity index (χ0n) is 8.92. The van der Waals surface area contributed by atoms with Crippen LogP contribution >= 0.6 is 23.2 Å². The Morgan fingerprint density at radius 2 is 2.00 bits per heavy atom. The molecular formula is C12H6Cl2FN3. The first-order chi connectivity index (χ1) is 8.58. The molecule has 18 heavy (non-hydrogen) atoms. The van der Waals surface area contributed by atoms with Crippen LogP contribution in [0, 0.1) is 17.1 Å². The first-order valence-electron chi connectivity index (χ1n) is 4.88. The molecule has 2 aromatic rings. The predicted octanol–water partition coefficient (Wildman–Crippen LogP) is 4.14. The minimum Gasteiger partial charge on any atom is -0.340 e. The number of aromatic nitrogens is 1. The van der Waals surface area contributed by atoms with Crippen LogP contribution in [-0.4, -0.2) is 4.98 Å². The number of nitrogens with one attached hydrogen (secondary N) is 1. The zero-order valence-corrected chi connectivity index (χ0v) is 10.4. The van der Waals surface area contributed by atoms with E-state index in [0.717, 1.165) is 0 Å². The molecule has 6 heteroatoms. The van der Waals surface area contributed by atoms with Crippen LogP contribution in [-0.2, 0) is 0 Å². The van der Waals surface area contributed by atoms with Crippen LogP contribution in [0.25, 0.3) is 0 Å². The maximum atomic E-state index is 13.2. The molecule has 0 fully saturated rings. The third-order valence-electron chi connectivity index (χ3n) is 2.12. The van der Waals surface area contributed by atoms with Gasteiger partial charge in [0.15, 0.2) is 0 Å². The van der Waals surface area contributed by atoms with Crippen molar-refractivity contribution < 1.29 is 4.39 Å². The number of anilines is 2.